The van der Waals surface area contributed by atoms with Gasteiger partial charge in [-0.05, 0) is 49.4 Å². The molecule has 0 fully saturated rings. The zero-order valence-corrected chi connectivity index (χ0v) is 16.6. The highest BCUT2D eigenvalue weighted by atomic mass is 14.7. The molecule has 1 heteroatoms. The Morgan fingerprint density at radius 2 is 1.50 bits per heavy atom. The minimum atomic E-state index is 0.653. The van der Waals surface area contributed by atoms with E-state index >= 15 is 0 Å². The third-order valence-corrected chi connectivity index (χ3v) is 4.40. The molecule has 1 aromatic heterocycles. The van der Waals surface area contributed by atoms with Crippen molar-refractivity contribution in [2.75, 3.05) is 0 Å². The van der Waals surface area contributed by atoms with Gasteiger partial charge in [-0.15, -0.1) is 0 Å². The number of allylic oxidation sites excluding steroid dienone is 1. The van der Waals surface area contributed by atoms with Crippen LogP contribution in [-0.2, 0) is 0 Å². The summed E-state index contributed by atoms with van der Waals surface area (Å²) in [5, 5.41) is 0. The van der Waals surface area contributed by atoms with E-state index in [1.807, 2.05) is 19.2 Å². The Morgan fingerprint density at radius 3 is 2.00 bits per heavy atom. The summed E-state index contributed by atoms with van der Waals surface area (Å²) in [5.74, 6) is 0.653. The monoisotopic (exact) mass is 343 g/mol. The molecule has 134 valence electrons. The van der Waals surface area contributed by atoms with Crippen molar-refractivity contribution in [2.45, 2.75) is 40.5 Å². The third-order valence-electron chi connectivity index (χ3n) is 4.40. The Bertz CT molecular complexity index is 840. The standard InChI is InChI=1S/C15H15N.C10H14/c1-11(2)13-6-8-14(9-7-13)15-12(3)5-4-10-16-15;1-8(2)10-6-4-9(3)5-7-10/h4-10H,1H2,2-3H3;4-8H,1-3H3. The SMILES string of the molecule is C=C(C)c1ccc(-c2ncccc2C)cc1.Cc1ccc(C(C)C)cc1. The number of pyridine rings is 1. The number of aromatic nitrogens is 1. The predicted molar refractivity (Wildman–Crippen MR) is 114 cm³/mol. The van der Waals surface area contributed by atoms with Gasteiger partial charge in [0.1, 0.15) is 0 Å². The second-order valence-corrected chi connectivity index (χ2v) is 7.09. The second kappa shape index (κ2) is 9.15. The summed E-state index contributed by atoms with van der Waals surface area (Å²) in [6, 6.07) is 21.1. The first-order valence-corrected chi connectivity index (χ1v) is 9.13. The number of nitrogens with zero attached hydrogens (tertiary/aromatic N) is 1. The fourth-order valence-corrected chi connectivity index (χ4v) is 2.65. The first kappa shape index (κ1) is 19.7. The van der Waals surface area contributed by atoms with E-state index in [4.69, 9.17) is 0 Å². The molecule has 2 aromatic carbocycles. The lowest BCUT2D eigenvalue weighted by Crippen LogP contribution is -1.87. The quantitative estimate of drug-likeness (QED) is 0.489. The first-order valence-electron chi connectivity index (χ1n) is 9.13. The first-order chi connectivity index (χ1) is 12.4. The van der Waals surface area contributed by atoms with Crippen LogP contribution in [-0.4, -0.2) is 4.98 Å². The lowest BCUT2D eigenvalue weighted by atomic mass is 10.0. The van der Waals surface area contributed by atoms with Crippen LogP contribution in [0.1, 0.15) is 48.9 Å². The van der Waals surface area contributed by atoms with E-state index in [2.05, 4.69) is 93.9 Å². The normalized spacial score (nSPS) is 10.2. The van der Waals surface area contributed by atoms with Crippen LogP contribution >= 0.6 is 0 Å². The van der Waals surface area contributed by atoms with Crippen LogP contribution in [0, 0.1) is 13.8 Å². The Labute approximate surface area is 158 Å². The summed E-state index contributed by atoms with van der Waals surface area (Å²) in [4.78, 5) is 4.40. The van der Waals surface area contributed by atoms with Gasteiger partial charge in [0.15, 0.2) is 0 Å². The molecule has 0 bridgehead atoms. The molecular weight excluding hydrogens is 314 g/mol. The molecule has 0 aliphatic carbocycles. The highest BCUT2D eigenvalue weighted by molar-refractivity contribution is 5.68. The van der Waals surface area contributed by atoms with Crippen LogP contribution in [0.15, 0.2) is 73.4 Å². The molecule has 0 spiro atoms. The van der Waals surface area contributed by atoms with Gasteiger partial charge >= 0.3 is 0 Å². The predicted octanol–water partition coefficient (Wildman–Crippen LogP) is 7.21. The fourth-order valence-electron chi connectivity index (χ4n) is 2.65. The molecule has 3 rings (SSSR count). The summed E-state index contributed by atoms with van der Waals surface area (Å²) in [6.45, 7) is 14.6. The average Bonchev–Trinajstić information content (AvgIpc) is 2.63. The Morgan fingerprint density at radius 1 is 0.885 bits per heavy atom. The van der Waals surface area contributed by atoms with Gasteiger partial charge in [-0.3, -0.25) is 4.98 Å². The van der Waals surface area contributed by atoms with Crippen molar-refractivity contribution < 1.29 is 0 Å². The van der Waals surface area contributed by atoms with Gasteiger partial charge in [0.2, 0.25) is 0 Å². The molecule has 3 aromatic rings. The van der Waals surface area contributed by atoms with Crippen LogP contribution in [0.5, 0.6) is 0 Å². The molecule has 0 saturated heterocycles. The highest BCUT2D eigenvalue weighted by Gasteiger charge is 2.02. The lowest BCUT2D eigenvalue weighted by Gasteiger charge is -2.05. The molecule has 0 radical (unpaired) electrons. The van der Waals surface area contributed by atoms with Crippen LogP contribution in [0.25, 0.3) is 16.8 Å². The zero-order valence-electron chi connectivity index (χ0n) is 16.6. The molecule has 0 unspecified atom stereocenters. The molecule has 0 aliphatic rings. The van der Waals surface area contributed by atoms with E-state index in [1.165, 1.54) is 22.3 Å². The van der Waals surface area contributed by atoms with Crippen LogP contribution < -0.4 is 0 Å². The minimum absolute atomic E-state index is 0.653. The Balaban J connectivity index is 0.000000209. The van der Waals surface area contributed by atoms with E-state index in [9.17, 15) is 0 Å². The van der Waals surface area contributed by atoms with Gasteiger partial charge in [0, 0.05) is 11.8 Å². The van der Waals surface area contributed by atoms with Crippen molar-refractivity contribution in [1.29, 1.82) is 0 Å². The van der Waals surface area contributed by atoms with Crippen molar-refractivity contribution in [1.82, 2.24) is 4.98 Å². The molecule has 0 saturated carbocycles. The maximum Gasteiger partial charge on any atom is 0.0731 e. The molecule has 0 N–H and O–H groups in total. The van der Waals surface area contributed by atoms with Gasteiger partial charge in [0.25, 0.3) is 0 Å². The molecular formula is C25H29N. The van der Waals surface area contributed by atoms with Gasteiger partial charge in [0.05, 0.1) is 5.69 Å². The largest absolute Gasteiger partial charge is 0.256 e. The minimum Gasteiger partial charge on any atom is -0.256 e. The number of rotatable bonds is 3. The van der Waals surface area contributed by atoms with Gasteiger partial charge < -0.3 is 0 Å². The third kappa shape index (κ3) is 5.42. The summed E-state index contributed by atoms with van der Waals surface area (Å²) >= 11 is 0. The van der Waals surface area contributed by atoms with Crippen molar-refractivity contribution >= 4 is 5.57 Å². The van der Waals surface area contributed by atoms with Crippen molar-refractivity contribution in [3.8, 4) is 11.3 Å². The molecule has 0 amide bonds. The van der Waals surface area contributed by atoms with E-state index in [1.54, 1.807) is 0 Å². The van der Waals surface area contributed by atoms with Gasteiger partial charge in [-0.1, -0.05) is 86.2 Å². The van der Waals surface area contributed by atoms with Crippen molar-refractivity contribution in [3.63, 3.8) is 0 Å². The summed E-state index contributed by atoms with van der Waals surface area (Å²) in [6.07, 6.45) is 1.83. The van der Waals surface area contributed by atoms with Crippen molar-refractivity contribution in [3.05, 3.63) is 95.7 Å². The van der Waals surface area contributed by atoms with E-state index in [0.717, 1.165) is 16.8 Å². The number of aryl methyl sites for hydroxylation is 2. The topological polar surface area (TPSA) is 12.9 Å². The zero-order chi connectivity index (χ0) is 19.1. The maximum atomic E-state index is 4.40. The fraction of sp³-hybridized carbons (Fsp3) is 0.240. The molecule has 0 atom stereocenters. The summed E-state index contributed by atoms with van der Waals surface area (Å²) in [7, 11) is 0. The van der Waals surface area contributed by atoms with Crippen LogP contribution in [0.2, 0.25) is 0 Å². The number of benzene rings is 2. The Hall–Kier alpha value is -2.67. The molecule has 1 nitrogen and oxygen atoms in total. The van der Waals surface area contributed by atoms with E-state index in [-0.39, 0.29) is 0 Å². The lowest BCUT2D eigenvalue weighted by molar-refractivity contribution is 0.866. The van der Waals surface area contributed by atoms with E-state index in [0.29, 0.717) is 5.92 Å². The van der Waals surface area contributed by atoms with Crippen LogP contribution in [0.4, 0.5) is 0 Å². The maximum absolute atomic E-state index is 4.40. The summed E-state index contributed by atoms with van der Waals surface area (Å²) < 4.78 is 0. The van der Waals surface area contributed by atoms with Gasteiger partial charge in [-0.25, -0.2) is 0 Å². The Kier molecular flexibility index (Phi) is 6.91. The average molecular weight is 344 g/mol. The molecule has 1 heterocycles. The number of hydrogen-bond acceptors (Lipinski definition) is 1. The van der Waals surface area contributed by atoms with Gasteiger partial charge in [-0.2, -0.15) is 0 Å². The summed E-state index contributed by atoms with van der Waals surface area (Å²) in [5.41, 5.74) is 8.43. The van der Waals surface area contributed by atoms with Crippen LogP contribution in [0.3, 0.4) is 0 Å². The number of hydrogen-bond donors (Lipinski definition) is 0. The highest BCUT2D eigenvalue weighted by Crippen LogP contribution is 2.22. The second-order valence-electron chi connectivity index (χ2n) is 7.09. The molecule has 0 aliphatic heterocycles. The smallest absolute Gasteiger partial charge is 0.0731 e. The molecule has 26 heavy (non-hydrogen) atoms. The van der Waals surface area contributed by atoms with Crippen molar-refractivity contribution in [2.24, 2.45) is 0 Å². The van der Waals surface area contributed by atoms with E-state index < -0.39 is 0 Å².